The van der Waals surface area contributed by atoms with Gasteiger partial charge in [-0.05, 0) is 20.3 Å². The van der Waals surface area contributed by atoms with Crippen LogP contribution < -0.4 is 0 Å². The Balaban J connectivity index is 3.79. The Hall–Kier alpha value is -0.530. The van der Waals surface area contributed by atoms with Gasteiger partial charge < -0.3 is 4.90 Å². The summed E-state index contributed by atoms with van der Waals surface area (Å²) in [6.45, 7) is 7.60. The number of rotatable bonds is 4. The average Bonchev–Trinajstić information content (AvgIpc) is 1.99. The Morgan fingerprint density at radius 2 is 2.10 bits per heavy atom. The summed E-state index contributed by atoms with van der Waals surface area (Å²) in [4.78, 5) is 6.21. The number of hydrogen-bond donors (Lipinski definition) is 0. The molecule has 0 amide bonds. The SMILES string of the molecule is CCC(C)N(C=NC)CC. The Morgan fingerprint density at radius 3 is 2.40 bits per heavy atom. The molecule has 0 N–H and O–H groups in total. The van der Waals surface area contributed by atoms with Crippen molar-refractivity contribution < 1.29 is 0 Å². The van der Waals surface area contributed by atoms with E-state index in [9.17, 15) is 0 Å². The maximum Gasteiger partial charge on any atom is 0.0848 e. The number of aliphatic imine (C=N–C) groups is 1. The highest BCUT2D eigenvalue weighted by atomic mass is 15.2. The molecule has 0 aromatic heterocycles. The summed E-state index contributed by atoms with van der Waals surface area (Å²) in [6, 6.07) is 0.619. The van der Waals surface area contributed by atoms with Gasteiger partial charge in [0.1, 0.15) is 0 Å². The van der Waals surface area contributed by atoms with Crippen LogP contribution in [0, 0.1) is 0 Å². The second kappa shape index (κ2) is 5.27. The van der Waals surface area contributed by atoms with Gasteiger partial charge in [0.05, 0.1) is 6.34 Å². The monoisotopic (exact) mass is 142 g/mol. The van der Waals surface area contributed by atoms with Crippen LogP contribution in [0.4, 0.5) is 0 Å². The molecule has 0 radical (unpaired) electrons. The maximum atomic E-state index is 3.98. The average molecular weight is 142 g/mol. The molecule has 1 atom stereocenters. The third-order valence-electron chi connectivity index (χ3n) is 1.79. The van der Waals surface area contributed by atoms with Gasteiger partial charge in [0.15, 0.2) is 0 Å². The van der Waals surface area contributed by atoms with Gasteiger partial charge >= 0.3 is 0 Å². The lowest BCUT2D eigenvalue weighted by Crippen LogP contribution is -2.30. The van der Waals surface area contributed by atoms with Crippen molar-refractivity contribution in [2.24, 2.45) is 4.99 Å². The summed E-state index contributed by atoms with van der Waals surface area (Å²) in [5.74, 6) is 0. The van der Waals surface area contributed by atoms with Gasteiger partial charge in [0.25, 0.3) is 0 Å². The van der Waals surface area contributed by atoms with E-state index in [1.807, 2.05) is 13.4 Å². The summed E-state index contributed by atoms with van der Waals surface area (Å²) in [6.07, 6.45) is 3.09. The molecule has 0 fully saturated rings. The van der Waals surface area contributed by atoms with E-state index in [0.717, 1.165) is 6.54 Å². The zero-order chi connectivity index (χ0) is 7.98. The second-order valence-electron chi connectivity index (χ2n) is 2.46. The molecule has 60 valence electrons. The quantitative estimate of drug-likeness (QED) is 0.431. The first-order valence-electron chi connectivity index (χ1n) is 3.94. The Bertz CT molecular complexity index is 99.4. The Labute approximate surface area is 63.9 Å². The fourth-order valence-electron chi connectivity index (χ4n) is 0.890. The Kier molecular flexibility index (Phi) is 4.99. The van der Waals surface area contributed by atoms with Crippen molar-refractivity contribution in [3.05, 3.63) is 0 Å². The van der Waals surface area contributed by atoms with Gasteiger partial charge in [-0.15, -0.1) is 0 Å². The van der Waals surface area contributed by atoms with Crippen LogP contribution in [-0.4, -0.2) is 30.9 Å². The zero-order valence-corrected chi connectivity index (χ0v) is 7.46. The lowest BCUT2D eigenvalue weighted by Gasteiger charge is -2.23. The molecule has 0 rings (SSSR count). The molecule has 10 heavy (non-hydrogen) atoms. The van der Waals surface area contributed by atoms with Gasteiger partial charge in [-0.2, -0.15) is 0 Å². The highest BCUT2D eigenvalue weighted by Crippen LogP contribution is 1.98. The molecule has 1 unspecified atom stereocenters. The van der Waals surface area contributed by atoms with Crippen molar-refractivity contribution in [2.45, 2.75) is 33.2 Å². The van der Waals surface area contributed by atoms with Crippen molar-refractivity contribution in [2.75, 3.05) is 13.6 Å². The van der Waals surface area contributed by atoms with Gasteiger partial charge in [0, 0.05) is 19.6 Å². The van der Waals surface area contributed by atoms with Crippen LogP contribution >= 0.6 is 0 Å². The van der Waals surface area contributed by atoms with Gasteiger partial charge in [0.2, 0.25) is 0 Å². The molecule has 0 aliphatic carbocycles. The van der Waals surface area contributed by atoms with Crippen molar-refractivity contribution >= 4 is 6.34 Å². The molecule has 0 aromatic rings. The van der Waals surface area contributed by atoms with E-state index < -0.39 is 0 Å². The third-order valence-corrected chi connectivity index (χ3v) is 1.79. The second-order valence-corrected chi connectivity index (χ2v) is 2.46. The summed E-state index contributed by atoms with van der Waals surface area (Å²) in [5.41, 5.74) is 0. The molecule has 0 saturated carbocycles. The van der Waals surface area contributed by atoms with Crippen molar-refractivity contribution in [1.29, 1.82) is 0 Å². The molecule has 2 nitrogen and oxygen atoms in total. The van der Waals surface area contributed by atoms with Gasteiger partial charge in [-0.1, -0.05) is 6.92 Å². The van der Waals surface area contributed by atoms with Crippen molar-refractivity contribution in [1.82, 2.24) is 4.90 Å². The van der Waals surface area contributed by atoms with E-state index in [0.29, 0.717) is 6.04 Å². The minimum atomic E-state index is 0.619. The van der Waals surface area contributed by atoms with Crippen LogP contribution in [-0.2, 0) is 0 Å². The fourth-order valence-corrected chi connectivity index (χ4v) is 0.890. The molecule has 0 aliphatic heterocycles. The largest absolute Gasteiger partial charge is 0.361 e. The molecule has 0 bridgehead atoms. The first-order valence-corrected chi connectivity index (χ1v) is 3.94. The first kappa shape index (κ1) is 9.47. The molecule has 0 saturated heterocycles. The minimum Gasteiger partial charge on any atom is -0.361 e. The van der Waals surface area contributed by atoms with Crippen LogP contribution in [0.5, 0.6) is 0 Å². The summed E-state index contributed by atoms with van der Waals surface area (Å²) >= 11 is 0. The lowest BCUT2D eigenvalue weighted by molar-refractivity contribution is 0.346. The standard InChI is InChI=1S/C8H18N2/c1-5-8(3)10(6-2)7-9-4/h7-8H,5-6H2,1-4H3. The lowest BCUT2D eigenvalue weighted by atomic mass is 10.2. The van der Waals surface area contributed by atoms with Crippen molar-refractivity contribution in [3.63, 3.8) is 0 Å². The van der Waals surface area contributed by atoms with E-state index in [1.54, 1.807) is 0 Å². The summed E-state index contributed by atoms with van der Waals surface area (Å²) in [7, 11) is 1.81. The smallest absolute Gasteiger partial charge is 0.0848 e. The predicted octanol–water partition coefficient (Wildman–Crippen LogP) is 1.76. The normalized spacial score (nSPS) is 14.0. The molecule has 0 aromatic carbocycles. The van der Waals surface area contributed by atoms with Crippen LogP contribution in [0.3, 0.4) is 0 Å². The Morgan fingerprint density at radius 1 is 1.50 bits per heavy atom. The number of nitrogens with zero attached hydrogens (tertiary/aromatic N) is 2. The van der Waals surface area contributed by atoms with Gasteiger partial charge in [-0.3, -0.25) is 4.99 Å². The van der Waals surface area contributed by atoms with E-state index in [1.165, 1.54) is 6.42 Å². The zero-order valence-electron chi connectivity index (χ0n) is 7.46. The van der Waals surface area contributed by atoms with Crippen LogP contribution in [0.25, 0.3) is 0 Å². The molecule has 0 heterocycles. The summed E-state index contributed by atoms with van der Waals surface area (Å²) in [5, 5.41) is 0. The highest BCUT2D eigenvalue weighted by molar-refractivity contribution is 5.54. The minimum absolute atomic E-state index is 0.619. The van der Waals surface area contributed by atoms with Crippen LogP contribution in [0.1, 0.15) is 27.2 Å². The molecule has 0 aliphatic rings. The van der Waals surface area contributed by atoms with Crippen LogP contribution in [0.2, 0.25) is 0 Å². The third kappa shape index (κ3) is 2.85. The topological polar surface area (TPSA) is 15.6 Å². The van der Waals surface area contributed by atoms with E-state index >= 15 is 0 Å². The van der Waals surface area contributed by atoms with Crippen LogP contribution in [0.15, 0.2) is 4.99 Å². The fraction of sp³-hybridized carbons (Fsp3) is 0.875. The maximum absolute atomic E-state index is 3.98. The summed E-state index contributed by atoms with van der Waals surface area (Å²) < 4.78 is 0. The van der Waals surface area contributed by atoms with E-state index in [2.05, 4.69) is 30.7 Å². The van der Waals surface area contributed by atoms with E-state index in [4.69, 9.17) is 0 Å². The number of hydrogen-bond acceptors (Lipinski definition) is 1. The molecular weight excluding hydrogens is 124 g/mol. The molecule has 0 spiro atoms. The van der Waals surface area contributed by atoms with Crippen molar-refractivity contribution in [3.8, 4) is 0 Å². The predicted molar refractivity (Wildman–Crippen MR) is 46.5 cm³/mol. The first-order chi connectivity index (χ1) is 4.76. The highest BCUT2D eigenvalue weighted by Gasteiger charge is 2.03. The molecule has 2 heteroatoms. The molecular formula is C8H18N2. The van der Waals surface area contributed by atoms with E-state index in [-0.39, 0.29) is 0 Å². The van der Waals surface area contributed by atoms with Gasteiger partial charge in [-0.25, -0.2) is 0 Å².